The van der Waals surface area contributed by atoms with Gasteiger partial charge < -0.3 is 4.74 Å². The Labute approximate surface area is 103 Å². The summed E-state index contributed by atoms with van der Waals surface area (Å²) in [5.74, 6) is -0.314. The van der Waals surface area contributed by atoms with E-state index in [0.29, 0.717) is 12.2 Å². The molecule has 0 atom stereocenters. The average molecular weight is 395 g/mol. The SMILES string of the molecule is C=C(C)C(=O)OCCC[Si](Br)(Br)Br. The average Bonchev–Trinajstić information content (AvgIpc) is 1.95. The second-order valence-corrected chi connectivity index (χ2v) is 26.1. The van der Waals surface area contributed by atoms with Crippen molar-refractivity contribution >= 4 is 55.8 Å². The number of ether oxygens (including phenoxy) is 1. The maximum Gasteiger partial charge on any atom is 0.333 e. The van der Waals surface area contributed by atoms with Gasteiger partial charge in [-0.2, -0.15) is 0 Å². The zero-order valence-electron chi connectivity index (χ0n) is 7.28. The van der Waals surface area contributed by atoms with Crippen LogP contribution in [0.3, 0.4) is 0 Å². The Kier molecular flexibility index (Phi) is 6.79. The Balaban J connectivity index is 3.47. The highest BCUT2D eigenvalue weighted by molar-refractivity contribution is 9.72. The first kappa shape index (κ1) is 13.9. The topological polar surface area (TPSA) is 26.3 Å². The highest BCUT2D eigenvalue weighted by Crippen LogP contribution is 2.32. The molecule has 0 aromatic rings. The number of carbonyl (C=O) groups excluding carboxylic acids is 1. The molecule has 13 heavy (non-hydrogen) atoms. The van der Waals surface area contributed by atoms with E-state index in [1.165, 1.54) is 0 Å². The summed E-state index contributed by atoms with van der Waals surface area (Å²) in [5.41, 5.74) is 0.444. The van der Waals surface area contributed by atoms with Crippen molar-refractivity contribution in [3.8, 4) is 0 Å². The quantitative estimate of drug-likeness (QED) is 0.234. The van der Waals surface area contributed by atoms with E-state index < -0.39 is 3.93 Å². The van der Waals surface area contributed by atoms with Crippen molar-refractivity contribution in [2.45, 2.75) is 19.4 Å². The lowest BCUT2D eigenvalue weighted by atomic mass is 10.4. The summed E-state index contributed by atoms with van der Waals surface area (Å²) in [6.45, 7) is 5.58. The normalized spacial score (nSPS) is 11.1. The van der Waals surface area contributed by atoms with E-state index in [2.05, 4.69) is 52.5 Å². The summed E-state index contributed by atoms with van der Waals surface area (Å²) in [5, 5.41) is 0. The molecule has 76 valence electrons. The van der Waals surface area contributed by atoms with Crippen LogP contribution in [0.15, 0.2) is 12.2 Å². The molecule has 6 heteroatoms. The van der Waals surface area contributed by atoms with Gasteiger partial charge in [0.05, 0.1) is 6.61 Å². The van der Waals surface area contributed by atoms with Gasteiger partial charge in [-0.25, -0.2) is 4.79 Å². The highest BCUT2D eigenvalue weighted by atomic mass is 80.0. The van der Waals surface area contributed by atoms with Crippen molar-refractivity contribution in [3.05, 3.63) is 12.2 Å². The third-order valence-electron chi connectivity index (χ3n) is 1.19. The molecule has 0 aromatic heterocycles. The first-order valence-corrected chi connectivity index (χ1v) is 12.7. The molecule has 0 fully saturated rings. The van der Waals surface area contributed by atoms with E-state index in [9.17, 15) is 4.79 Å². The van der Waals surface area contributed by atoms with Crippen LogP contribution in [0.25, 0.3) is 0 Å². The lowest BCUT2D eigenvalue weighted by Crippen LogP contribution is -2.10. The summed E-state index contributed by atoms with van der Waals surface area (Å²) in [6, 6.07) is 0.955. The van der Waals surface area contributed by atoms with E-state index in [1.54, 1.807) is 6.92 Å². The molecule has 0 radical (unpaired) electrons. The summed E-state index contributed by atoms with van der Waals surface area (Å²) < 4.78 is 3.39. The zero-order chi connectivity index (χ0) is 10.5. The van der Waals surface area contributed by atoms with E-state index in [4.69, 9.17) is 4.74 Å². The van der Waals surface area contributed by atoms with Crippen LogP contribution in [-0.2, 0) is 9.53 Å². The van der Waals surface area contributed by atoms with Crippen LogP contribution in [0.4, 0.5) is 0 Å². The molecule has 0 bridgehead atoms. The Morgan fingerprint density at radius 2 is 2.00 bits per heavy atom. The third-order valence-corrected chi connectivity index (χ3v) is 5.68. The molecule has 0 aliphatic heterocycles. The number of rotatable bonds is 5. The molecular formula is C7H11Br3O2Si. The molecule has 0 aromatic carbocycles. The van der Waals surface area contributed by atoms with E-state index in [-0.39, 0.29) is 5.97 Å². The number of halogens is 3. The van der Waals surface area contributed by atoms with Crippen LogP contribution in [0.5, 0.6) is 0 Å². The molecule has 0 aliphatic rings. The van der Waals surface area contributed by atoms with Gasteiger partial charge in [0.15, 0.2) is 0 Å². The maximum absolute atomic E-state index is 10.9. The number of esters is 1. The Morgan fingerprint density at radius 1 is 1.46 bits per heavy atom. The van der Waals surface area contributed by atoms with Gasteiger partial charge in [0, 0.05) is 5.57 Å². The van der Waals surface area contributed by atoms with Gasteiger partial charge in [-0.15, -0.1) is 0 Å². The highest BCUT2D eigenvalue weighted by Gasteiger charge is 2.21. The first-order valence-electron chi connectivity index (χ1n) is 3.72. The van der Waals surface area contributed by atoms with Gasteiger partial charge in [-0.1, -0.05) is 52.5 Å². The molecule has 0 rings (SSSR count). The molecule has 0 heterocycles. The standard InChI is InChI=1S/C7H11Br3O2Si/c1-6(2)7(11)12-4-3-5-13(8,9)10/h1,3-5H2,2H3. The minimum Gasteiger partial charge on any atom is -0.462 e. The van der Waals surface area contributed by atoms with Gasteiger partial charge in [0.1, 0.15) is 0 Å². The van der Waals surface area contributed by atoms with Gasteiger partial charge in [0.25, 0.3) is 3.93 Å². The third kappa shape index (κ3) is 9.18. The van der Waals surface area contributed by atoms with E-state index in [0.717, 1.165) is 12.5 Å². The Bertz CT molecular complexity index is 200. The van der Waals surface area contributed by atoms with Crippen LogP contribution >= 0.6 is 45.9 Å². The lowest BCUT2D eigenvalue weighted by molar-refractivity contribution is -0.138. The fourth-order valence-corrected chi connectivity index (χ4v) is 3.63. The molecule has 0 spiro atoms. The minimum atomic E-state index is -1.53. The van der Waals surface area contributed by atoms with Crippen molar-refractivity contribution in [2.24, 2.45) is 0 Å². The minimum absolute atomic E-state index is 0.314. The van der Waals surface area contributed by atoms with Crippen molar-refractivity contribution in [3.63, 3.8) is 0 Å². The first-order chi connectivity index (χ1) is 5.83. The largest absolute Gasteiger partial charge is 0.462 e. The van der Waals surface area contributed by atoms with Crippen molar-refractivity contribution in [2.75, 3.05) is 6.61 Å². The Hall–Kier alpha value is 0.867. The molecular weight excluding hydrogens is 384 g/mol. The molecule has 0 N–H and O–H groups in total. The summed E-state index contributed by atoms with van der Waals surface area (Å²) in [6.07, 6.45) is 0.840. The molecule has 0 saturated carbocycles. The molecule has 0 amide bonds. The molecule has 0 saturated heterocycles. The predicted molar refractivity (Wildman–Crippen MR) is 67.7 cm³/mol. The van der Waals surface area contributed by atoms with Crippen LogP contribution in [-0.4, -0.2) is 16.5 Å². The molecule has 0 aliphatic carbocycles. The lowest BCUT2D eigenvalue weighted by Gasteiger charge is -2.08. The van der Waals surface area contributed by atoms with Gasteiger partial charge in [-0.05, 0) is 19.4 Å². The zero-order valence-corrected chi connectivity index (χ0v) is 13.0. The smallest absolute Gasteiger partial charge is 0.333 e. The van der Waals surface area contributed by atoms with Crippen LogP contribution in [0, 0.1) is 0 Å². The summed E-state index contributed by atoms with van der Waals surface area (Å²) >= 11 is 10.5. The van der Waals surface area contributed by atoms with Gasteiger partial charge in [-0.3, -0.25) is 0 Å². The van der Waals surface area contributed by atoms with Crippen LogP contribution in [0.1, 0.15) is 13.3 Å². The number of hydrogen-bond donors (Lipinski definition) is 0. The van der Waals surface area contributed by atoms with Crippen LogP contribution < -0.4 is 0 Å². The fraction of sp³-hybridized carbons (Fsp3) is 0.571. The van der Waals surface area contributed by atoms with Gasteiger partial charge in [0.2, 0.25) is 0 Å². The predicted octanol–water partition coefficient (Wildman–Crippen LogP) is 3.62. The van der Waals surface area contributed by atoms with Crippen LogP contribution in [0.2, 0.25) is 6.04 Å². The fourth-order valence-electron chi connectivity index (χ4n) is 0.561. The summed E-state index contributed by atoms with van der Waals surface area (Å²) in [4.78, 5) is 10.9. The van der Waals surface area contributed by atoms with Crippen molar-refractivity contribution in [1.82, 2.24) is 0 Å². The van der Waals surface area contributed by atoms with Crippen molar-refractivity contribution < 1.29 is 9.53 Å². The number of carbonyl (C=O) groups is 1. The van der Waals surface area contributed by atoms with E-state index >= 15 is 0 Å². The molecule has 0 unspecified atom stereocenters. The summed E-state index contributed by atoms with van der Waals surface area (Å²) in [7, 11) is 0. The maximum atomic E-state index is 10.9. The molecule has 2 nitrogen and oxygen atoms in total. The second-order valence-electron chi connectivity index (χ2n) is 2.63. The monoisotopic (exact) mass is 392 g/mol. The number of hydrogen-bond acceptors (Lipinski definition) is 2. The Morgan fingerprint density at radius 3 is 2.38 bits per heavy atom. The van der Waals surface area contributed by atoms with E-state index in [1.807, 2.05) is 0 Å². The van der Waals surface area contributed by atoms with Gasteiger partial charge >= 0.3 is 5.97 Å². The second kappa shape index (κ2) is 6.37. The van der Waals surface area contributed by atoms with Crippen molar-refractivity contribution in [1.29, 1.82) is 0 Å².